The van der Waals surface area contributed by atoms with Gasteiger partial charge in [-0.2, -0.15) is 0 Å². The number of aromatic carboxylic acids is 1. The Morgan fingerprint density at radius 3 is 2.72 bits per heavy atom. The van der Waals surface area contributed by atoms with E-state index in [1.807, 2.05) is 18.2 Å². The molecule has 6 rings (SSSR count). The van der Waals surface area contributed by atoms with Crippen LogP contribution in [0.3, 0.4) is 0 Å². The number of carboxylic acid groups (broad SMARTS) is 1. The molecule has 0 atom stereocenters. The van der Waals surface area contributed by atoms with E-state index >= 15 is 0 Å². The number of carbonyl (C=O) groups is 1. The molecule has 0 spiro atoms. The van der Waals surface area contributed by atoms with Crippen LogP contribution in [-0.4, -0.2) is 39.8 Å². The van der Waals surface area contributed by atoms with Crippen molar-refractivity contribution in [2.24, 2.45) is 0 Å². The van der Waals surface area contributed by atoms with E-state index in [-0.39, 0.29) is 23.4 Å². The number of methoxy groups -OCH3 is 2. The summed E-state index contributed by atoms with van der Waals surface area (Å²) in [6, 6.07) is 9.07. The Balaban J connectivity index is 1.69. The maximum absolute atomic E-state index is 14.0. The summed E-state index contributed by atoms with van der Waals surface area (Å²) in [7, 11) is 3.05. The normalized spacial score (nSPS) is 13.4. The van der Waals surface area contributed by atoms with Crippen LogP contribution < -0.4 is 15.0 Å². The number of nitrogens with zero attached hydrogens (tertiary/aromatic N) is 3. The van der Waals surface area contributed by atoms with Gasteiger partial charge in [0.1, 0.15) is 33.5 Å². The predicted octanol–water partition coefficient (Wildman–Crippen LogP) is 4.91. The van der Waals surface area contributed by atoms with Crippen molar-refractivity contribution in [1.82, 2.24) is 14.5 Å². The Labute approximate surface area is 208 Å². The van der Waals surface area contributed by atoms with Crippen LogP contribution in [0.15, 0.2) is 52.1 Å². The molecule has 0 unspecified atom stereocenters. The van der Waals surface area contributed by atoms with E-state index < -0.39 is 5.97 Å². The summed E-state index contributed by atoms with van der Waals surface area (Å²) < 4.78 is 18.2. The lowest BCUT2D eigenvalue weighted by Crippen LogP contribution is -2.24. The van der Waals surface area contributed by atoms with Crippen molar-refractivity contribution in [2.75, 3.05) is 14.2 Å². The lowest BCUT2D eigenvalue weighted by atomic mass is 10.0. The number of ether oxygens (including phenoxy) is 2. The maximum Gasteiger partial charge on any atom is 0.340 e. The number of fused-ring (bicyclic) bond motifs is 3. The van der Waals surface area contributed by atoms with Crippen LogP contribution in [0.1, 0.15) is 40.4 Å². The molecule has 1 saturated carbocycles. The molecule has 2 aromatic carbocycles. The van der Waals surface area contributed by atoms with E-state index in [0.29, 0.717) is 37.8 Å². The van der Waals surface area contributed by atoms with Gasteiger partial charge in [-0.15, -0.1) is 11.3 Å². The van der Waals surface area contributed by atoms with Crippen LogP contribution in [0.25, 0.3) is 31.7 Å². The highest BCUT2D eigenvalue weighted by atomic mass is 32.1. The summed E-state index contributed by atoms with van der Waals surface area (Å²) in [5, 5.41) is 10.8. The van der Waals surface area contributed by atoms with Gasteiger partial charge in [-0.3, -0.25) is 9.36 Å². The largest absolute Gasteiger partial charge is 0.497 e. The third-order valence-electron chi connectivity index (χ3n) is 6.47. The van der Waals surface area contributed by atoms with Gasteiger partial charge in [0.25, 0.3) is 5.56 Å². The molecule has 1 aliphatic carbocycles. The fourth-order valence-electron chi connectivity index (χ4n) is 4.61. The number of hydrogen-bond acceptors (Lipinski definition) is 8. The molecule has 5 aromatic rings. The SMILES string of the molecule is COc1ccc(-c2nc3sc4c(C(=O)O)c(OC)ccc4c3c(=O)n2Cc2cnco2)c(C2CC2)c1. The van der Waals surface area contributed by atoms with Crippen molar-refractivity contribution >= 4 is 37.6 Å². The summed E-state index contributed by atoms with van der Waals surface area (Å²) in [4.78, 5) is 35.5. The molecule has 0 aliphatic heterocycles. The summed E-state index contributed by atoms with van der Waals surface area (Å²) in [6.45, 7) is 0.131. The summed E-state index contributed by atoms with van der Waals surface area (Å²) >= 11 is 1.18. The van der Waals surface area contributed by atoms with Crippen LogP contribution in [0.2, 0.25) is 0 Å². The molecule has 0 radical (unpaired) electrons. The van der Waals surface area contributed by atoms with E-state index in [9.17, 15) is 14.7 Å². The zero-order chi connectivity index (χ0) is 25.0. The van der Waals surface area contributed by atoms with Gasteiger partial charge in [-0.1, -0.05) is 0 Å². The van der Waals surface area contributed by atoms with Crippen molar-refractivity contribution in [2.45, 2.75) is 25.3 Å². The molecule has 0 amide bonds. The zero-order valence-electron chi connectivity index (χ0n) is 19.5. The second kappa shape index (κ2) is 8.49. The third kappa shape index (κ3) is 3.53. The lowest BCUT2D eigenvalue weighted by molar-refractivity contribution is 0.0696. The molecule has 1 N–H and O–H groups in total. The molecule has 0 bridgehead atoms. The minimum atomic E-state index is -1.13. The van der Waals surface area contributed by atoms with Crippen LogP contribution in [0.5, 0.6) is 11.5 Å². The van der Waals surface area contributed by atoms with Crippen LogP contribution >= 0.6 is 11.3 Å². The molecule has 182 valence electrons. The van der Waals surface area contributed by atoms with Gasteiger partial charge in [0.15, 0.2) is 6.39 Å². The fourth-order valence-corrected chi connectivity index (χ4v) is 5.80. The van der Waals surface area contributed by atoms with Gasteiger partial charge in [0.05, 0.1) is 37.0 Å². The van der Waals surface area contributed by atoms with Crippen molar-refractivity contribution < 1.29 is 23.8 Å². The standard InChI is InChI=1S/C26H21N3O6S/c1-33-14-5-6-16(18(9-14)13-3-4-13)23-28-24-20(25(30)29(23)11-15-10-27-12-35-15)17-7-8-19(34-2)21(26(31)32)22(17)36-24/h5-10,12-13H,3-4,11H2,1-2H3,(H,31,32). The molecule has 3 aromatic heterocycles. The highest BCUT2D eigenvalue weighted by Gasteiger charge is 2.30. The summed E-state index contributed by atoms with van der Waals surface area (Å²) in [6.07, 6.45) is 4.99. The van der Waals surface area contributed by atoms with Gasteiger partial charge in [-0.25, -0.2) is 14.8 Å². The van der Waals surface area contributed by atoms with Crippen LogP contribution in [-0.2, 0) is 6.54 Å². The number of benzene rings is 2. The Hall–Kier alpha value is -4.18. The number of aromatic nitrogens is 3. The molecular weight excluding hydrogens is 482 g/mol. The highest BCUT2D eigenvalue weighted by molar-refractivity contribution is 7.25. The average Bonchev–Trinajstić information content (AvgIpc) is 3.47. The molecule has 1 aliphatic rings. The van der Waals surface area contributed by atoms with E-state index in [1.165, 1.54) is 24.8 Å². The van der Waals surface area contributed by atoms with Gasteiger partial charge in [0, 0.05) is 10.9 Å². The fraction of sp³-hybridized carbons (Fsp3) is 0.231. The first-order valence-electron chi connectivity index (χ1n) is 11.3. The first-order chi connectivity index (χ1) is 17.5. The first kappa shape index (κ1) is 22.3. The Morgan fingerprint density at radius 2 is 2.06 bits per heavy atom. The lowest BCUT2D eigenvalue weighted by Gasteiger charge is -2.15. The third-order valence-corrected chi connectivity index (χ3v) is 7.59. The molecule has 9 nitrogen and oxygen atoms in total. The zero-order valence-corrected chi connectivity index (χ0v) is 20.3. The molecule has 0 saturated heterocycles. The van der Waals surface area contributed by atoms with Crippen LogP contribution in [0.4, 0.5) is 0 Å². The maximum atomic E-state index is 14.0. The first-order valence-corrected chi connectivity index (χ1v) is 12.1. The Morgan fingerprint density at radius 1 is 1.22 bits per heavy atom. The Bertz CT molecular complexity index is 1700. The quantitative estimate of drug-likeness (QED) is 0.333. The van der Waals surface area contributed by atoms with Gasteiger partial charge >= 0.3 is 5.97 Å². The molecule has 10 heteroatoms. The minimum absolute atomic E-state index is 0.0175. The number of thiophene rings is 1. The van der Waals surface area contributed by atoms with Gasteiger partial charge in [0.2, 0.25) is 0 Å². The highest BCUT2D eigenvalue weighted by Crippen LogP contribution is 2.46. The average molecular weight is 504 g/mol. The van der Waals surface area contributed by atoms with E-state index in [2.05, 4.69) is 4.98 Å². The molecule has 1 fully saturated rings. The molecular formula is C26H21N3O6S. The number of carboxylic acids is 1. The van der Waals surface area contributed by atoms with E-state index in [1.54, 1.807) is 30.0 Å². The van der Waals surface area contributed by atoms with E-state index in [4.69, 9.17) is 18.9 Å². The molecule has 36 heavy (non-hydrogen) atoms. The van der Waals surface area contributed by atoms with E-state index in [0.717, 1.165) is 29.7 Å². The minimum Gasteiger partial charge on any atom is -0.497 e. The Kier molecular flexibility index (Phi) is 5.26. The summed E-state index contributed by atoms with van der Waals surface area (Å²) in [5.74, 6) is 1.21. The van der Waals surface area contributed by atoms with Crippen molar-refractivity contribution in [3.8, 4) is 22.9 Å². The number of oxazole rings is 1. The van der Waals surface area contributed by atoms with Crippen molar-refractivity contribution in [3.05, 3.63) is 70.2 Å². The second-order valence-corrected chi connectivity index (χ2v) is 9.63. The molecule has 3 heterocycles. The van der Waals surface area contributed by atoms with Crippen molar-refractivity contribution in [1.29, 1.82) is 0 Å². The second-order valence-electron chi connectivity index (χ2n) is 8.63. The van der Waals surface area contributed by atoms with Gasteiger partial charge in [-0.05, 0) is 54.7 Å². The topological polar surface area (TPSA) is 117 Å². The summed E-state index contributed by atoms with van der Waals surface area (Å²) in [5.41, 5.74) is 1.65. The number of rotatable bonds is 7. The van der Waals surface area contributed by atoms with Crippen molar-refractivity contribution in [3.63, 3.8) is 0 Å². The predicted molar refractivity (Wildman–Crippen MR) is 134 cm³/mol. The smallest absolute Gasteiger partial charge is 0.340 e. The number of hydrogen-bond donors (Lipinski definition) is 1. The monoisotopic (exact) mass is 503 g/mol. The van der Waals surface area contributed by atoms with Crippen LogP contribution in [0, 0.1) is 0 Å². The van der Waals surface area contributed by atoms with Gasteiger partial charge < -0.3 is 19.0 Å².